The number of aryl methyl sites for hydroxylation is 2. The van der Waals surface area contributed by atoms with E-state index < -0.39 is 10.0 Å². The van der Waals surface area contributed by atoms with Crippen LogP contribution in [0, 0.1) is 19.8 Å². The van der Waals surface area contributed by atoms with Crippen LogP contribution in [-0.4, -0.2) is 21.4 Å². The molecule has 0 saturated heterocycles. The van der Waals surface area contributed by atoms with Crippen molar-refractivity contribution in [2.45, 2.75) is 45.1 Å². The van der Waals surface area contributed by atoms with Crippen LogP contribution in [0.3, 0.4) is 0 Å². The van der Waals surface area contributed by atoms with E-state index in [9.17, 15) is 13.2 Å². The van der Waals surface area contributed by atoms with E-state index in [1.165, 1.54) is 18.2 Å². The first-order valence-electron chi connectivity index (χ1n) is 11.3. The summed E-state index contributed by atoms with van der Waals surface area (Å²) in [5, 5.41) is 3.08. The van der Waals surface area contributed by atoms with Crippen molar-refractivity contribution < 1.29 is 17.9 Å². The van der Waals surface area contributed by atoms with Gasteiger partial charge in [-0.1, -0.05) is 49.7 Å². The Kier molecular flexibility index (Phi) is 8.46. The Labute approximate surface area is 212 Å². The number of amides is 1. The van der Waals surface area contributed by atoms with Crippen LogP contribution in [0.2, 0.25) is 5.02 Å². The lowest BCUT2D eigenvalue weighted by molar-refractivity contribution is 0.0931. The van der Waals surface area contributed by atoms with Gasteiger partial charge in [-0.05, 0) is 79.3 Å². The first kappa shape index (κ1) is 26.6. The number of carbonyl (C=O) groups is 1. The smallest absolute Gasteiger partial charge is 0.263 e. The number of halogens is 1. The average molecular weight is 515 g/mol. The van der Waals surface area contributed by atoms with Crippen molar-refractivity contribution in [2.24, 2.45) is 5.92 Å². The summed E-state index contributed by atoms with van der Waals surface area (Å²) in [6.07, 6.45) is 0.713. The molecule has 0 aliphatic rings. The third-order valence-corrected chi connectivity index (χ3v) is 7.50. The minimum atomic E-state index is -4.02. The molecular formula is C27H31ClN2O4S. The molecule has 0 radical (unpaired) electrons. The van der Waals surface area contributed by atoms with E-state index in [1.807, 2.05) is 50.2 Å². The molecule has 8 heteroatoms. The van der Waals surface area contributed by atoms with Crippen LogP contribution >= 0.6 is 11.6 Å². The SMILES string of the molecule is COc1ccc([C@@H](CC(C)C)NC(=O)c2ccc(Cl)c(S(=O)(=O)Nc3cc(C)ccc3C)c2)cc1. The van der Waals surface area contributed by atoms with Crippen molar-refractivity contribution in [3.8, 4) is 5.75 Å². The molecule has 1 amide bonds. The van der Waals surface area contributed by atoms with E-state index in [0.29, 0.717) is 18.0 Å². The highest BCUT2D eigenvalue weighted by molar-refractivity contribution is 7.92. The highest BCUT2D eigenvalue weighted by Crippen LogP contribution is 2.28. The molecule has 2 N–H and O–H groups in total. The fraction of sp³-hybridized carbons (Fsp3) is 0.296. The maximum atomic E-state index is 13.2. The van der Waals surface area contributed by atoms with E-state index in [-0.39, 0.29) is 27.4 Å². The molecule has 0 spiro atoms. The van der Waals surface area contributed by atoms with Crippen molar-refractivity contribution in [2.75, 3.05) is 11.8 Å². The second-order valence-electron chi connectivity index (χ2n) is 9.00. The van der Waals surface area contributed by atoms with Crippen LogP contribution < -0.4 is 14.8 Å². The number of carbonyl (C=O) groups excluding carboxylic acids is 1. The Morgan fingerprint density at radius 2 is 1.69 bits per heavy atom. The molecule has 0 aliphatic carbocycles. The summed E-state index contributed by atoms with van der Waals surface area (Å²) in [4.78, 5) is 13.0. The lowest BCUT2D eigenvalue weighted by atomic mass is 9.96. The molecule has 3 rings (SSSR count). The molecule has 3 aromatic rings. The monoisotopic (exact) mass is 514 g/mol. The zero-order valence-electron chi connectivity index (χ0n) is 20.6. The van der Waals surface area contributed by atoms with Gasteiger partial charge in [0.1, 0.15) is 10.6 Å². The van der Waals surface area contributed by atoms with Crippen LogP contribution in [0.4, 0.5) is 5.69 Å². The highest BCUT2D eigenvalue weighted by Gasteiger charge is 2.23. The van der Waals surface area contributed by atoms with Crippen LogP contribution in [0.1, 0.15) is 53.4 Å². The molecular weight excluding hydrogens is 484 g/mol. The first-order chi connectivity index (χ1) is 16.5. The Morgan fingerprint density at radius 1 is 1.00 bits per heavy atom. The minimum Gasteiger partial charge on any atom is -0.497 e. The largest absolute Gasteiger partial charge is 0.497 e. The Morgan fingerprint density at radius 3 is 2.31 bits per heavy atom. The van der Waals surface area contributed by atoms with Crippen molar-refractivity contribution >= 4 is 33.2 Å². The van der Waals surface area contributed by atoms with Gasteiger partial charge in [0.2, 0.25) is 0 Å². The van der Waals surface area contributed by atoms with Gasteiger partial charge in [0.25, 0.3) is 15.9 Å². The number of nitrogens with one attached hydrogen (secondary N) is 2. The molecule has 3 aromatic carbocycles. The van der Waals surface area contributed by atoms with Gasteiger partial charge >= 0.3 is 0 Å². The minimum absolute atomic E-state index is 0.0354. The predicted molar refractivity (Wildman–Crippen MR) is 141 cm³/mol. The van der Waals surface area contributed by atoms with Gasteiger partial charge in [-0.25, -0.2) is 8.42 Å². The van der Waals surface area contributed by atoms with E-state index in [0.717, 1.165) is 22.4 Å². The first-order valence-corrected chi connectivity index (χ1v) is 13.2. The Balaban J connectivity index is 1.89. The summed E-state index contributed by atoms with van der Waals surface area (Å²) >= 11 is 6.26. The van der Waals surface area contributed by atoms with E-state index in [2.05, 4.69) is 23.9 Å². The predicted octanol–water partition coefficient (Wildman–Crippen LogP) is 6.28. The topological polar surface area (TPSA) is 84.5 Å². The van der Waals surface area contributed by atoms with Crippen molar-refractivity contribution in [3.63, 3.8) is 0 Å². The second kappa shape index (κ2) is 11.1. The third-order valence-electron chi connectivity index (χ3n) is 5.65. The Bertz CT molecular complexity index is 1310. The van der Waals surface area contributed by atoms with Gasteiger partial charge in [-0.15, -0.1) is 0 Å². The fourth-order valence-electron chi connectivity index (χ4n) is 3.72. The molecule has 186 valence electrons. The normalized spacial score (nSPS) is 12.3. The van der Waals surface area contributed by atoms with Gasteiger partial charge in [0.15, 0.2) is 0 Å². The van der Waals surface area contributed by atoms with Crippen molar-refractivity contribution in [1.82, 2.24) is 5.32 Å². The molecule has 1 atom stereocenters. The second-order valence-corrected chi connectivity index (χ2v) is 11.1. The van der Waals surface area contributed by atoms with Gasteiger partial charge in [0.05, 0.1) is 23.9 Å². The maximum Gasteiger partial charge on any atom is 0.263 e. The molecule has 35 heavy (non-hydrogen) atoms. The average Bonchev–Trinajstić information content (AvgIpc) is 2.80. The van der Waals surface area contributed by atoms with Gasteiger partial charge < -0.3 is 10.1 Å². The summed E-state index contributed by atoms with van der Waals surface area (Å²) in [5.74, 6) is 0.670. The zero-order valence-corrected chi connectivity index (χ0v) is 22.1. The van der Waals surface area contributed by atoms with Crippen LogP contribution in [0.5, 0.6) is 5.75 Å². The molecule has 0 aliphatic heterocycles. The number of hydrogen-bond donors (Lipinski definition) is 2. The Hall–Kier alpha value is -3.03. The third kappa shape index (κ3) is 6.77. The fourth-order valence-corrected chi connectivity index (χ4v) is 5.37. The van der Waals surface area contributed by atoms with E-state index in [1.54, 1.807) is 13.2 Å². The summed E-state index contributed by atoms with van der Waals surface area (Å²) in [5.41, 5.74) is 3.30. The molecule has 0 bridgehead atoms. The number of ether oxygens (including phenoxy) is 1. The number of benzene rings is 3. The summed E-state index contributed by atoms with van der Waals surface area (Å²) in [6.45, 7) is 7.85. The molecule has 0 fully saturated rings. The summed E-state index contributed by atoms with van der Waals surface area (Å²) < 4.78 is 34.2. The van der Waals surface area contributed by atoms with Gasteiger partial charge in [-0.3, -0.25) is 9.52 Å². The highest BCUT2D eigenvalue weighted by atomic mass is 35.5. The quantitative estimate of drug-likeness (QED) is 0.351. The van der Waals surface area contributed by atoms with Crippen LogP contribution in [0.25, 0.3) is 0 Å². The van der Waals surface area contributed by atoms with E-state index >= 15 is 0 Å². The molecule has 0 aromatic heterocycles. The lowest BCUT2D eigenvalue weighted by Gasteiger charge is -2.22. The van der Waals surface area contributed by atoms with Crippen molar-refractivity contribution in [3.05, 3.63) is 87.9 Å². The standard InChI is InChI=1S/C27H31ClN2O4S/c1-17(2)14-25(20-8-11-22(34-5)12-9-20)29-27(31)21-10-13-23(28)26(16-21)35(32,33)30-24-15-18(3)6-7-19(24)4/h6-13,15-17,25,30H,14H2,1-5H3,(H,29,31)/t25-/m1/s1. The molecule has 6 nitrogen and oxygen atoms in total. The number of sulfonamides is 1. The zero-order chi connectivity index (χ0) is 25.8. The maximum absolute atomic E-state index is 13.2. The molecule has 0 heterocycles. The summed E-state index contributed by atoms with van der Waals surface area (Å²) in [6, 6.07) is 17.0. The van der Waals surface area contributed by atoms with Crippen LogP contribution in [-0.2, 0) is 10.0 Å². The number of hydrogen-bond acceptors (Lipinski definition) is 4. The van der Waals surface area contributed by atoms with Gasteiger partial charge in [-0.2, -0.15) is 0 Å². The van der Waals surface area contributed by atoms with Crippen LogP contribution in [0.15, 0.2) is 65.6 Å². The van der Waals surface area contributed by atoms with Gasteiger partial charge in [0, 0.05) is 5.56 Å². The summed E-state index contributed by atoms with van der Waals surface area (Å²) in [7, 11) is -2.42. The molecule has 0 unspecified atom stereocenters. The number of rotatable bonds is 9. The number of anilines is 1. The van der Waals surface area contributed by atoms with E-state index in [4.69, 9.17) is 16.3 Å². The lowest BCUT2D eigenvalue weighted by Crippen LogP contribution is -2.29. The molecule has 0 saturated carbocycles. The number of methoxy groups -OCH3 is 1. The van der Waals surface area contributed by atoms with Crippen molar-refractivity contribution in [1.29, 1.82) is 0 Å².